The number of hydrogen-bond acceptors (Lipinski definition) is 5. The molecule has 4 rings (SSSR count). The maximum atomic E-state index is 10.7. The summed E-state index contributed by atoms with van der Waals surface area (Å²) < 4.78 is 7.24. The average molecular weight is 594 g/mol. The number of methoxy groups -OCH3 is 1. The summed E-state index contributed by atoms with van der Waals surface area (Å²) in [6.45, 7) is 3.88. The van der Waals surface area contributed by atoms with Crippen molar-refractivity contribution < 1.29 is 9.84 Å². The van der Waals surface area contributed by atoms with Gasteiger partial charge in [0, 0.05) is 39.6 Å². The van der Waals surface area contributed by atoms with Crippen LogP contribution in [0.2, 0.25) is 5.02 Å². The second-order valence-corrected chi connectivity index (χ2v) is 10.5. The topological polar surface area (TPSA) is 69.4 Å². The summed E-state index contributed by atoms with van der Waals surface area (Å²) >= 11 is 15.6. The number of benzene rings is 2. The molecule has 3 aromatic rings. The van der Waals surface area contributed by atoms with Crippen LogP contribution in [-0.2, 0) is 22.6 Å². The molecule has 0 saturated carbocycles. The van der Waals surface area contributed by atoms with E-state index in [0.717, 1.165) is 31.5 Å². The van der Waals surface area contributed by atoms with Gasteiger partial charge in [0.2, 0.25) is 0 Å². The molecular weight excluding hydrogens is 572 g/mol. The minimum absolute atomic E-state index is 0.374. The standard InChI is InChI=1S/C25H22Cl2IN3O2/c1-24(2,32)17-10-20-22(21(28)11-17)25(33-3,16-5-7-18(26)8-6-16)31(23(20)27)14-19-9-4-15(12-29)13-30-19/h4-11,13,23,32H,14H2,1-3H3/t23?,25-/m1/s1. The normalized spacial score (nSPS) is 20.5. The zero-order chi connectivity index (χ0) is 24.0. The fourth-order valence-electron chi connectivity index (χ4n) is 4.27. The van der Waals surface area contributed by atoms with Crippen LogP contribution in [0.25, 0.3) is 0 Å². The molecule has 33 heavy (non-hydrogen) atoms. The Morgan fingerprint density at radius 1 is 1.24 bits per heavy atom. The number of aliphatic hydroxyl groups is 1. The van der Waals surface area contributed by atoms with Crippen molar-refractivity contribution in [3.8, 4) is 6.07 Å². The summed E-state index contributed by atoms with van der Waals surface area (Å²) in [5.74, 6) is 0. The van der Waals surface area contributed by atoms with Crippen molar-refractivity contribution in [2.75, 3.05) is 7.11 Å². The van der Waals surface area contributed by atoms with Crippen molar-refractivity contribution in [1.82, 2.24) is 9.88 Å². The van der Waals surface area contributed by atoms with Gasteiger partial charge in [0.15, 0.2) is 5.72 Å². The van der Waals surface area contributed by atoms with Crippen molar-refractivity contribution >= 4 is 45.8 Å². The molecule has 0 radical (unpaired) electrons. The average Bonchev–Trinajstić information content (AvgIpc) is 3.03. The van der Waals surface area contributed by atoms with E-state index in [-0.39, 0.29) is 0 Å². The van der Waals surface area contributed by atoms with Crippen LogP contribution in [0.15, 0.2) is 54.7 Å². The van der Waals surface area contributed by atoms with E-state index in [1.54, 1.807) is 33.2 Å². The lowest BCUT2D eigenvalue weighted by atomic mass is 9.89. The van der Waals surface area contributed by atoms with Gasteiger partial charge in [-0.15, -0.1) is 11.6 Å². The van der Waals surface area contributed by atoms with Crippen LogP contribution in [0.5, 0.6) is 0 Å². The molecule has 0 bridgehead atoms. The maximum absolute atomic E-state index is 10.7. The fourth-order valence-corrected chi connectivity index (χ4v) is 5.79. The van der Waals surface area contributed by atoms with E-state index in [9.17, 15) is 5.11 Å². The number of fused-ring (bicyclic) bond motifs is 1. The van der Waals surface area contributed by atoms with E-state index in [2.05, 4.69) is 33.6 Å². The monoisotopic (exact) mass is 593 g/mol. The quantitative estimate of drug-likeness (QED) is 0.222. The lowest BCUT2D eigenvalue weighted by Crippen LogP contribution is -2.44. The molecule has 1 aromatic heterocycles. The minimum atomic E-state index is -1.02. The van der Waals surface area contributed by atoms with Crippen LogP contribution in [0, 0.1) is 14.9 Å². The predicted octanol–water partition coefficient (Wildman–Crippen LogP) is 6.04. The van der Waals surface area contributed by atoms with Crippen LogP contribution < -0.4 is 0 Å². The van der Waals surface area contributed by atoms with E-state index >= 15 is 0 Å². The van der Waals surface area contributed by atoms with E-state index in [4.69, 9.17) is 33.2 Å². The highest BCUT2D eigenvalue weighted by atomic mass is 127. The third-order valence-electron chi connectivity index (χ3n) is 5.92. The lowest BCUT2D eigenvalue weighted by molar-refractivity contribution is -0.110. The molecule has 170 valence electrons. The lowest BCUT2D eigenvalue weighted by Gasteiger charge is -2.40. The Hall–Kier alpha value is -1.73. The van der Waals surface area contributed by atoms with Gasteiger partial charge in [-0.3, -0.25) is 4.98 Å². The number of alkyl halides is 1. The van der Waals surface area contributed by atoms with Crippen molar-refractivity contribution in [3.05, 3.63) is 96.8 Å². The smallest absolute Gasteiger partial charge is 0.176 e. The Balaban J connectivity index is 1.94. The molecule has 2 heterocycles. The van der Waals surface area contributed by atoms with Gasteiger partial charge in [0.25, 0.3) is 0 Å². The van der Waals surface area contributed by atoms with E-state index in [1.165, 1.54) is 0 Å². The van der Waals surface area contributed by atoms with Crippen molar-refractivity contribution in [1.29, 1.82) is 5.26 Å². The molecule has 0 aliphatic carbocycles. The Kier molecular flexibility index (Phi) is 6.76. The first kappa shape index (κ1) is 24.4. The SMILES string of the molecule is CO[C@]1(c2ccc(Cl)cc2)c2c(I)cc(C(C)(C)O)cc2C(Cl)N1Cc1ccc(C#N)cn1. The van der Waals surface area contributed by atoms with Crippen molar-refractivity contribution in [2.24, 2.45) is 0 Å². The van der Waals surface area contributed by atoms with Crippen LogP contribution in [0.1, 0.15) is 52.9 Å². The zero-order valence-corrected chi connectivity index (χ0v) is 22.0. The largest absolute Gasteiger partial charge is 0.386 e. The van der Waals surface area contributed by atoms with Crippen LogP contribution >= 0.6 is 45.8 Å². The molecule has 0 amide bonds. The number of ether oxygens (including phenoxy) is 1. The number of hydrogen-bond donors (Lipinski definition) is 1. The highest BCUT2D eigenvalue weighted by Gasteiger charge is 2.53. The Labute approximate surface area is 217 Å². The summed E-state index contributed by atoms with van der Waals surface area (Å²) in [4.78, 5) is 6.49. The number of halogens is 3. The number of aromatic nitrogens is 1. The Bertz CT molecular complexity index is 1220. The number of pyridine rings is 1. The van der Waals surface area contributed by atoms with Crippen LogP contribution in [0.3, 0.4) is 0 Å². The van der Waals surface area contributed by atoms with Crippen molar-refractivity contribution in [2.45, 2.75) is 37.2 Å². The molecule has 2 atom stereocenters. The van der Waals surface area contributed by atoms with Gasteiger partial charge in [-0.1, -0.05) is 23.7 Å². The first-order valence-corrected chi connectivity index (χ1v) is 12.1. The van der Waals surface area contributed by atoms with E-state index in [0.29, 0.717) is 17.1 Å². The highest BCUT2D eigenvalue weighted by Crippen LogP contribution is 2.55. The third kappa shape index (κ3) is 4.27. The van der Waals surface area contributed by atoms with Gasteiger partial charge in [0.05, 0.1) is 16.9 Å². The molecule has 5 nitrogen and oxygen atoms in total. The molecule has 1 aliphatic heterocycles. The number of nitrogens with zero attached hydrogens (tertiary/aromatic N) is 3. The van der Waals surface area contributed by atoms with Gasteiger partial charge in [0.1, 0.15) is 11.6 Å². The molecule has 8 heteroatoms. The molecule has 0 spiro atoms. The zero-order valence-electron chi connectivity index (χ0n) is 18.3. The van der Waals surface area contributed by atoms with Gasteiger partial charge >= 0.3 is 0 Å². The van der Waals surface area contributed by atoms with E-state index in [1.807, 2.05) is 47.4 Å². The van der Waals surface area contributed by atoms with Gasteiger partial charge in [-0.2, -0.15) is 5.26 Å². The summed E-state index contributed by atoms with van der Waals surface area (Å²) in [5, 5.41) is 20.4. The third-order valence-corrected chi connectivity index (χ3v) is 7.49. The van der Waals surface area contributed by atoms with E-state index < -0.39 is 16.8 Å². The first-order valence-electron chi connectivity index (χ1n) is 10.3. The Morgan fingerprint density at radius 3 is 2.48 bits per heavy atom. The Morgan fingerprint density at radius 2 is 1.94 bits per heavy atom. The summed E-state index contributed by atoms with van der Waals surface area (Å²) in [6.07, 6.45) is 1.55. The fraction of sp³-hybridized carbons (Fsp3) is 0.280. The van der Waals surface area contributed by atoms with Gasteiger partial charge in [-0.25, -0.2) is 4.90 Å². The first-order chi connectivity index (χ1) is 15.6. The van der Waals surface area contributed by atoms with Gasteiger partial charge in [-0.05, 0) is 84.0 Å². The molecule has 1 unspecified atom stereocenters. The van der Waals surface area contributed by atoms with Crippen LogP contribution in [-0.4, -0.2) is 22.1 Å². The summed E-state index contributed by atoms with van der Waals surface area (Å²) in [5.41, 5.74) is 2.11. The highest BCUT2D eigenvalue weighted by molar-refractivity contribution is 14.1. The van der Waals surface area contributed by atoms with Gasteiger partial charge < -0.3 is 9.84 Å². The number of rotatable bonds is 5. The second-order valence-electron chi connectivity index (χ2n) is 8.45. The van der Waals surface area contributed by atoms with Crippen LogP contribution in [0.4, 0.5) is 0 Å². The molecule has 0 fully saturated rings. The molecule has 1 N–H and O–H groups in total. The molecule has 2 aromatic carbocycles. The maximum Gasteiger partial charge on any atom is 0.176 e. The predicted molar refractivity (Wildman–Crippen MR) is 137 cm³/mol. The molecular formula is C25H22Cl2IN3O2. The number of nitriles is 1. The second kappa shape index (κ2) is 9.14. The summed E-state index contributed by atoms with van der Waals surface area (Å²) in [6, 6.07) is 17.1. The summed E-state index contributed by atoms with van der Waals surface area (Å²) in [7, 11) is 1.66. The molecule has 1 aliphatic rings. The van der Waals surface area contributed by atoms with Crippen molar-refractivity contribution in [3.63, 3.8) is 0 Å². The molecule has 0 saturated heterocycles. The minimum Gasteiger partial charge on any atom is -0.386 e.